The Labute approximate surface area is 104 Å². The lowest BCUT2D eigenvalue weighted by molar-refractivity contribution is 0.0684. The highest BCUT2D eigenvalue weighted by atomic mass is 16.6. The summed E-state index contributed by atoms with van der Waals surface area (Å²) in [5.41, 5.74) is 0.0860. The zero-order valence-corrected chi connectivity index (χ0v) is 10.1. The number of amides is 1. The maximum Gasteiger partial charge on any atom is 0.409 e. The summed E-state index contributed by atoms with van der Waals surface area (Å²) in [5.74, 6) is -1.05. The van der Waals surface area contributed by atoms with Crippen molar-refractivity contribution in [2.24, 2.45) is 0 Å². The molecule has 0 aromatic carbocycles. The molecule has 98 valence electrons. The highest BCUT2D eigenvalue weighted by Gasteiger charge is 2.12. The van der Waals surface area contributed by atoms with Gasteiger partial charge in [-0.3, -0.25) is 0 Å². The van der Waals surface area contributed by atoms with Crippen LogP contribution in [0.5, 0.6) is 0 Å². The molecule has 1 aromatic rings. The molecule has 0 aliphatic rings. The van der Waals surface area contributed by atoms with Crippen LogP contribution in [0.25, 0.3) is 0 Å². The summed E-state index contributed by atoms with van der Waals surface area (Å²) in [4.78, 5) is 27.3. The van der Waals surface area contributed by atoms with E-state index in [-0.39, 0.29) is 12.3 Å². The van der Waals surface area contributed by atoms with Gasteiger partial charge in [0.05, 0.1) is 12.5 Å². The first-order chi connectivity index (χ1) is 8.56. The fraction of sp³-hybridized carbons (Fsp3) is 0.364. The molecule has 0 saturated heterocycles. The number of imidazole rings is 1. The van der Waals surface area contributed by atoms with Crippen molar-refractivity contribution in [3.63, 3.8) is 0 Å². The van der Waals surface area contributed by atoms with Crippen molar-refractivity contribution in [1.82, 2.24) is 14.5 Å². The van der Waals surface area contributed by atoms with Crippen LogP contribution in [-0.4, -0.2) is 51.8 Å². The summed E-state index contributed by atoms with van der Waals surface area (Å²) in [6.45, 7) is 4.24. The minimum Gasteiger partial charge on any atom is -0.477 e. The SMILES string of the molecule is C=CCOC(=O)N(C)CCn1cncc1C(=O)O. The van der Waals surface area contributed by atoms with Crippen LogP contribution < -0.4 is 0 Å². The molecule has 0 radical (unpaired) electrons. The van der Waals surface area contributed by atoms with Gasteiger partial charge in [0.1, 0.15) is 12.3 Å². The van der Waals surface area contributed by atoms with E-state index in [1.165, 1.54) is 28.1 Å². The fourth-order valence-electron chi connectivity index (χ4n) is 1.27. The Balaban J connectivity index is 2.49. The molecule has 7 heteroatoms. The molecule has 1 amide bonds. The van der Waals surface area contributed by atoms with Crippen molar-refractivity contribution in [1.29, 1.82) is 0 Å². The number of hydrogen-bond acceptors (Lipinski definition) is 4. The maximum atomic E-state index is 11.4. The molecule has 0 fully saturated rings. The topological polar surface area (TPSA) is 84.7 Å². The molecule has 1 N–H and O–H groups in total. The second-order valence-electron chi connectivity index (χ2n) is 3.56. The molecule has 1 rings (SSSR count). The number of aromatic nitrogens is 2. The van der Waals surface area contributed by atoms with E-state index in [4.69, 9.17) is 9.84 Å². The molecular formula is C11H15N3O4. The van der Waals surface area contributed by atoms with Gasteiger partial charge < -0.3 is 19.3 Å². The summed E-state index contributed by atoms with van der Waals surface area (Å²) in [6.07, 6.45) is 3.67. The normalized spacial score (nSPS) is 9.83. The van der Waals surface area contributed by atoms with Crippen molar-refractivity contribution in [2.45, 2.75) is 6.54 Å². The predicted molar refractivity (Wildman–Crippen MR) is 63.4 cm³/mol. The standard InChI is InChI=1S/C11H15N3O4/c1-3-6-18-11(17)13(2)4-5-14-8-12-7-9(14)10(15)16/h3,7-8H,1,4-6H2,2H3,(H,15,16). The van der Waals surface area contributed by atoms with E-state index < -0.39 is 12.1 Å². The number of carboxylic acids is 1. The Kier molecular flexibility index (Phi) is 4.91. The zero-order valence-electron chi connectivity index (χ0n) is 10.1. The summed E-state index contributed by atoms with van der Waals surface area (Å²) in [6, 6.07) is 0. The first-order valence-electron chi connectivity index (χ1n) is 5.28. The zero-order chi connectivity index (χ0) is 13.5. The van der Waals surface area contributed by atoms with Crippen molar-refractivity contribution < 1.29 is 19.4 Å². The van der Waals surface area contributed by atoms with E-state index in [1.807, 2.05) is 0 Å². The van der Waals surface area contributed by atoms with E-state index in [0.717, 1.165) is 0 Å². The smallest absolute Gasteiger partial charge is 0.409 e. The van der Waals surface area contributed by atoms with Gasteiger partial charge in [0.2, 0.25) is 0 Å². The molecule has 1 aromatic heterocycles. The molecule has 0 aliphatic heterocycles. The van der Waals surface area contributed by atoms with Crippen LogP contribution in [0, 0.1) is 0 Å². The second kappa shape index (κ2) is 6.43. The van der Waals surface area contributed by atoms with Gasteiger partial charge in [0.25, 0.3) is 0 Å². The Morgan fingerprint density at radius 1 is 1.67 bits per heavy atom. The Hall–Kier alpha value is -2.31. The van der Waals surface area contributed by atoms with Crippen LogP contribution in [0.2, 0.25) is 0 Å². The quantitative estimate of drug-likeness (QED) is 0.759. The van der Waals surface area contributed by atoms with Crippen LogP contribution in [0.15, 0.2) is 25.2 Å². The molecule has 0 atom stereocenters. The Bertz CT molecular complexity index is 441. The molecule has 18 heavy (non-hydrogen) atoms. The highest BCUT2D eigenvalue weighted by Crippen LogP contribution is 2.00. The lowest BCUT2D eigenvalue weighted by Crippen LogP contribution is -2.31. The average molecular weight is 253 g/mol. The first-order valence-corrected chi connectivity index (χ1v) is 5.28. The van der Waals surface area contributed by atoms with Gasteiger partial charge in [0, 0.05) is 20.1 Å². The largest absolute Gasteiger partial charge is 0.477 e. The lowest BCUT2D eigenvalue weighted by atomic mass is 10.4. The number of likely N-dealkylation sites (N-methyl/N-ethyl adjacent to an activating group) is 1. The number of nitrogens with zero attached hydrogens (tertiary/aromatic N) is 3. The number of carboxylic acid groups (broad SMARTS) is 1. The van der Waals surface area contributed by atoms with Crippen molar-refractivity contribution >= 4 is 12.1 Å². The van der Waals surface area contributed by atoms with Gasteiger partial charge in [-0.15, -0.1) is 0 Å². The average Bonchev–Trinajstić information content (AvgIpc) is 2.81. The van der Waals surface area contributed by atoms with E-state index in [2.05, 4.69) is 11.6 Å². The molecule has 0 spiro atoms. The molecule has 1 heterocycles. The van der Waals surface area contributed by atoms with Gasteiger partial charge >= 0.3 is 12.1 Å². The molecule has 0 bridgehead atoms. The minimum absolute atomic E-state index is 0.0860. The van der Waals surface area contributed by atoms with Gasteiger partial charge in [0.15, 0.2) is 0 Å². The van der Waals surface area contributed by atoms with Crippen LogP contribution in [0.1, 0.15) is 10.5 Å². The number of hydrogen-bond donors (Lipinski definition) is 1. The van der Waals surface area contributed by atoms with Crippen LogP contribution in [0.3, 0.4) is 0 Å². The van der Waals surface area contributed by atoms with Gasteiger partial charge in [-0.25, -0.2) is 14.6 Å². The van der Waals surface area contributed by atoms with Crippen LogP contribution in [0.4, 0.5) is 4.79 Å². The fourth-order valence-corrected chi connectivity index (χ4v) is 1.27. The molecule has 7 nitrogen and oxygen atoms in total. The van der Waals surface area contributed by atoms with E-state index in [1.54, 1.807) is 7.05 Å². The highest BCUT2D eigenvalue weighted by molar-refractivity contribution is 5.85. The molecule has 0 saturated carbocycles. The summed E-state index contributed by atoms with van der Waals surface area (Å²) >= 11 is 0. The molecule has 0 aliphatic carbocycles. The van der Waals surface area contributed by atoms with Gasteiger partial charge in [-0.05, 0) is 0 Å². The van der Waals surface area contributed by atoms with Crippen LogP contribution in [-0.2, 0) is 11.3 Å². The summed E-state index contributed by atoms with van der Waals surface area (Å²) in [5, 5.41) is 8.87. The minimum atomic E-state index is -1.05. The molecule has 0 unspecified atom stereocenters. The number of aromatic carboxylic acids is 1. The van der Waals surface area contributed by atoms with E-state index >= 15 is 0 Å². The second-order valence-corrected chi connectivity index (χ2v) is 3.56. The Morgan fingerprint density at radius 3 is 3.00 bits per heavy atom. The maximum absolute atomic E-state index is 11.4. The van der Waals surface area contributed by atoms with E-state index in [9.17, 15) is 9.59 Å². The third-order valence-electron chi connectivity index (χ3n) is 2.24. The number of ether oxygens (including phenoxy) is 1. The first kappa shape index (κ1) is 13.8. The van der Waals surface area contributed by atoms with Crippen molar-refractivity contribution in [3.8, 4) is 0 Å². The Morgan fingerprint density at radius 2 is 2.39 bits per heavy atom. The summed E-state index contributed by atoms with van der Waals surface area (Å²) < 4.78 is 6.29. The third kappa shape index (κ3) is 3.62. The summed E-state index contributed by atoms with van der Waals surface area (Å²) in [7, 11) is 1.57. The lowest BCUT2D eigenvalue weighted by Gasteiger charge is -2.16. The van der Waals surface area contributed by atoms with Crippen LogP contribution >= 0.6 is 0 Å². The third-order valence-corrected chi connectivity index (χ3v) is 2.24. The van der Waals surface area contributed by atoms with E-state index in [0.29, 0.717) is 13.1 Å². The monoisotopic (exact) mass is 253 g/mol. The number of carbonyl (C=O) groups excluding carboxylic acids is 1. The number of carbonyl (C=O) groups is 2. The van der Waals surface area contributed by atoms with Crippen molar-refractivity contribution in [2.75, 3.05) is 20.2 Å². The van der Waals surface area contributed by atoms with Gasteiger partial charge in [-0.2, -0.15) is 0 Å². The number of rotatable bonds is 6. The van der Waals surface area contributed by atoms with Gasteiger partial charge in [-0.1, -0.05) is 12.7 Å². The molecular weight excluding hydrogens is 238 g/mol. The predicted octanol–water partition coefficient (Wildman–Crippen LogP) is 0.836. The van der Waals surface area contributed by atoms with Crippen molar-refractivity contribution in [3.05, 3.63) is 30.9 Å².